The normalized spacial score (nSPS) is 16.0. The average Bonchev–Trinajstić information content (AvgIpc) is 2.99. The molecule has 1 aliphatic rings. The Morgan fingerprint density at radius 2 is 2.12 bits per heavy atom. The number of nitrogens with zero attached hydrogens (tertiary/aromatic N) is 3. The lowest BCUT2D eigenvalue weighted by Gasteiger charge is -2.22. The molecule has 6 heteroatoms. The van der Waals surface area contributed by atoms with Crippen LogP contribution < -0.4 is 4.74 Å². The Kier molecular flexibility index (Phi) is 5.82. The van der Waals surface area contributed by atoms with Crippen molar-refractivity contribution in [3.8, 4) is 5.75 Å². The van der Waals surface area contributed by atoms with Crippen molar-refractivity contribution in [1.29, 1.82) is 0 Å². The number of hydrogen-bond donors (Lipinski definition) is 0. The van der Waals surface area contributed by atoms with Crippen molar-refractivity contribution < 1.29 is 9.53 Å². The summed E-state index contributed by atoms with van der Waals surface area (Å²) < 4.78 is 5.35. The van der Waals surface area contributed by atoms with Crippen molar-refractivity contribution >= 4 is 17.2 Å². The number of methoxy groups -OCH3 is 1. The third kappa shape index (κ3) is 4.33. The molecule has 1 aliphatic heterocycles. The number of carbonyl (C=O) groups excluding carboxylic acids is 1. The van der Waals surface area contributed by atoms with E-state index >= 15 is 0 Å². The number of para-hydroxylation sites is 1. The molecule has 1 aromatic heterocycles. The molecule has 0 saturated carbocycles. The third-order valence-corrected chi connectivity index (χ3v) is 4.98. The molecule has 1 fully saturated rings. The molecule has 1 amide bonds. The van der Waals surface area contributed by atoms with Crippen molar-refractivity contribution in [3.05, 3.63) is 46.4 Å². The number of thiazole rings is 1. The van der Waals surface area contributed by atoms with Crippen molar-refractivity contribution in [2.24, 2.45) is 0 Å². The van der Waals surface area contributed by atoms with Gasteiger partial charge in [0.05, 0.1) is 24.7 Å². The van der Waals surface area contributed by atoms with Crippen molar-refractivity contribution in [1.82, 2.24) is 14.8 Å². The van der Waals surface area contributed by atoms with E-state index in [1.807, 2.05) is 34.7 Å². The average molecular weight is 345 g/mol. The van der Waals surface area contributed by atoms with E-state index in [4.69, 9.17) is 4.74 Å². The largest absolute Gasteiger partial charge is 0.496 e. The Labute approximate surface area is 146 Å². The highest BCUT2D eigenvalue weighted by Crippen LogP contribution is 2.19. The van der Waals surface area contributed by atoms with Gasteiger partial charge in [-0.15, -0.1) is 11.3 Å². The van der Waals surface area contributed by atoms with Crippen LogP contribution in [0.3, 0.4) is 0 Å². The molecule has 0 spiro atoms. The van der Waals surface area contributed by atoms with Crippen LogP contribution in [-0.2, 0) is 17.8 Å². The van der Waals surface area contributed by atoms with Gasteiger partial charge in [0.1, 0.15) is 5.75 Å². The maximum Gasteiger partial charge on any atom is 0.227 e. The summed E-state index contributed by atoms with van der Waals surface area (Å²) in [5, 5.41) is 2.09. The Morgan fingerprint density at radius 3 is 2.92 bits per heavy atom. The molecule has 0 radical (unpaired) electrons. The molecule has 0 aliphatic carbocycles. The van der Waals surface area contributed by atoms with Crippen LogP contribution in [0.4, 0.5) is 0 Å². The molecule has 2 aromatic rings. The predicted octanol–water partition coefficient (Wildman–Crippen LogP) is 2.43. The quantitative estimate of drug-likeness (QED) is 0.835. The van der Waals surface area contributed by atoms with Crippen molar-refractivity contribution in [2.75, 3.05) is 33.3 Å². The first-order valence-corrected chi connectivity index (χ1v) is 9.19. The predicted molar refractivity (Wildman–Crippen MR) is 95.3 cm³/mol. The van der Waals surface area contributed by atoms with Gasteiger partial charge in [0.2, 0.25) is 5.91 Å². The molecule has 5 nitrogen and oxygen atoms in total. The minimum absolute atomic E-state index is 0.176. The maximum atomic E-state index is 12.7. The van der Waals surface area contributed by atoms with Gasteiger partial charge >= 0.3 is 0 Å². The number of amides is 1. The fraction of sp³-hybridized carbons (Fsp3) is 0.444. The number of hydrogen-bond acceptors (Lipinski definition) is 5. The van der Waals surface area contributed by atoms with Gasteiger partial charge < -0.3 is 9.64 Å². The molecule has 0 N–H and O–H groups in total. The second kappa shape index (κ2) is 8.26. The summed E-state index contributed by atoms with van der Waals surface area (Å²) in [6.07, 6.45) is 1.40. The molecule has 2 heterocycles. The van der Waals surface area contributed by atoms with Gasteiger partial charge in [0, 0.05) is 43.7 Å². The Morgan fingerprint density at radius 1 is 1.25 bits per heavy atom. The van der Waals surface area contributed by atoms with E-state index in [-0.39, 0.29) is 5.91 Å². The number of aromatic nitrogens is 1. The third-order valence-electron chi connectivity index (χ3n) is 4.34. The van der Waals surface area contributed by atoms with Gasteiger partial charge in [0.25, 0.3) is 0 Å². The van der Waals surface area contributed by atoms with Gasteiger partial charge in [-0.2, -0.15) is 0 Å². The molecule has 3 rings (SSSR count). The fourth-order valence-corrected chi connectivity index (χ4v) is 3.60. The first-order valence-electron chi connectivity index (χ1n) is 8.25. The SMILES string of the molecule is COc1ccccc1CC(=O)N1CCCN(Cc2cscn2)CC1. The highest BCUT2D eigenvalue weighted by atomic mass is 32.1. The van der Waals surface area contributed by atoms with E-state index in [9.17, 15) is 4.79 Å². The summed E-state index contributed by atoms with van der Waals surface area (Å²) in [4.78, 5) is 21.4. The van der Waals surface area contributed by atoms with Crippen LogP contribution in [0.5, 0.6) is 5.75 Å². The van der Waals surface area contributed by atoms with E-state index in [0.717, 1.165) is 56.2 Å². The van der Waals surface area contributed by atoms with Crippen molar-refractivity contribution in [3.63, 3.8) is 0 Å². The van der Waals surface area contributed by atoms with E-state index in [1.54, 1.807) is 18.4 Å². The Balaban J connectivity index is 1.56. The summed E-state index contributed by atoms with van der Waals surface area (Å²) >= 11 is 1.63. The van der Waals surface area contributed by atoms with Crippen LogP contribution in [0.1, 0.15) is 17.7 Å². The lowest BCUT2D eigenvalue weighted by atomic mass is 10.1. The first kappa shape index (κ1) is 16.9. The van der Waals surface area contributed by atoms with E-state index in [1.165, 1.54) is 0 Å². The van der Waals surface area contributed by atoms with Crippen LogP contribution in [-0.4, -0.2) is 54.0 Å². The van der Waals surface area contributed by atoms with E-state index in [0.29, 0.717) is 6.42 Å². The highest BCUT2D eigenvalue weighted by Gasteiger charge is 2.20. The summed E-state index contributed by atoms with van der Waals surface area (Å²) in [6.45, 7) is 4.38. The van der Waals surface area contributed by atoms with Crippen LogP contribution >= 0.6 is 11.3 Å². The molecular formula is C18H23N3O2S. The molecule has 24 heavy (non-hydrogen) atoms. The first-order chi connectivity index (χ1) is 11.8. The lowest BCUT2D eigenvalue weighted by molar-refractivity contribution is -0.130. The summed E-state index contributed by atoms with van der Waals surface area (Å²) in [7, 11) is 1.64. The fourth-order valence-electron chi connectivity index (χ4n) is 3.05. The molecule has 128 valence electrons. The minimum Gasteiger partial charge on any atom is -0.496 e. The lowest BCUT2D eigenvalue weighted by Crippen LogP contribution is -2.36. The van der Waals surface area contributed by atoms with Crippen LogP contribution in [0.2, 0.25) is 0 Å². The monoisotopic (exact) mass is 345 g/mol. The van der Waals surface area contributed by atoms with Crippen LogP contribution in [0.15, 0.2) is 35.2 Å². The van der Waals surface area contributed by atoms with E-state index < -0.39 is 0 Å². The zero-order chi connectivity index (χ0) is 16.8. The second-order valence-electron chi connectivity index (χ2n) is 5.98. The number of rotatable bonds is 5. The van der Waals surface area contributed by atoms with Gasteiger partial charge in [0.15, 0.2) is 0 Å². The zero-order valence-corrected chi connectivity index (χ0v) is 14.8. The number of ether oxygens (including phenoxy) is 1. The molecular weight excluding hydrogens is 322 g/mol. The Hall–Kier alpha value is -1.92. The molecule has 0 unspecified atom stereocenters. The standard InChI is InChI=1S/C18H23N3O2S/c1-23-17-6-3-2-5-15(17)11-18(22)21-8-4-7-20(9-10-21)12-16-13-24-14-19-16/h2-3,5-6,13-14H,4,7-12H2,1H3. The maximum absolute atomic E-state index is 12.7. The summed E-state index contributed by atoms with van der Waals surface area (Å²) in [6, 6.07) is 7.74. The molecule has 1 aromatic carbocycles. The summed E-state index contributed by atoms with van der Waals surface area (Å²) in [5.74, 6) is 0.959. The molecule has 0 atom stereocenters. The Bertz CT molecular complexity index is 660. The molecule has 0 bridgehead atoms. The number of benzene rings is 1. The highest BCUT2D eigenvalue weighted by molar-refractivity contribution is 7.07. The summed E-state index contributed by atoms with van der Waals surface area (Å²) in [5.41, 5.74) is 3.94. The smallest absolute Gasteiger partial charge is 0.227 e. The van der Waals surface area contributed by atoms with Gasteiger partial charge in [-0.25, -0.2) is 4.98 Å². The molecule has 1 saturated heterocycles. The van der Waals surface area contributed by atoms with Gasteiger partial charge in [-0.05, 0) is 12.5 Å². The van der Waals surface area contributed by atoms with Crippen LogP contribution in [0, 0.1) is 0 Å². The zero-order valence-electron chi connectivity index (χ0n) is 14.0. The topological polar surface area (TPSA) is 45.7 Å². The van der Waals surface area contributed by atoms with Crippen molar-refractivity contribution in [2.45, 2.75) is 19.4 Å². The second-order valence-corrected chi connectivity index (χ2v) is 6.70. The minimum atomic E-state index is 0.176. The van der Waals surface area contributed by atoms with Gasteiger partial charge in [-0.1, -0.05) is 18.2 Å². The number of carbonyl (C=O) groups is 1. The van der Waals surface area contributed by atoms with Crippen LogP contribution in [0.25, 0.3) is 0 Å². The van der Waals surface area contributed by atoms with Gasteiger partial charge in [-0.3, -0.25) is 9.69 Å². The van der Waals surface area contributed by atoms with E-state index in [2.05, 4.69) is 15.3 Å².